The van der Waals surface area contributed by atoms with Gasteiger partial charge in [-0.25, -0.2) is 15.0 Å². The number of benzene rings is 2. The highest BCUT2D eigenvalue weighted by Gasteiger charge is 2.19. The molecule has 0 radical (unpaired) electrons. The van der Waals surface area contributed by atoms with Crippen LogP contribution in [-0.4, -0.2) is 43.6 Å². The predicted octanol–water partition coefficient (Wildman–Crippen LogP) is 8.94. The fourth-order valence-corrected chi connectivity index (χ4v) is 6.50. The number of fused-ring (bicyclic) bond motifs is 1. The lowest BCUT2D eigenvalue weighted by molar-refractivity contribution is 0.988. The van der Waals surface area contributed by atoms with Crippen LogP contribution in [0.5, 0.6) is 0 Å². The first-order valence-corrected chi connectivity index (χ1v) is 17.1. The van der Waals surface area contributed by atoms with E-state index in [1.54, 1.807) is 12.4 Å². The molecule has 3 aliphatic rings. The molecule has 244 valence electrons. The van der Waals surface area contributed by atoms with E-state index in [-0.39, 0.29) is 0 Å². The largest absolute Gasteiger partial charge is 0.397 e. The zero-order valence-electron chi connectivity index (χ0n) is 27.7. The Hall–Kier alpha value is -6.15. The maximum Gasteiger partial charge on any atom is 0.117 e. The molecule has 2 aliphatic heterocycles. The molecule has 2 N–H and O–H groups in total. The first-order chi connectivity index (χ1) is 24.7. The molecule has 0 unspecified atom stereocenters. The molecule has 0 saturated carbocycles. The lowest BCUT2D eigenvalue weighted by atomic mass is 9.89. The lowest BCUT2D eigenvalue weighted by Crippen LogP contribution is -2.11. The van der Waals surface area contributed by atoms with E-state index in [2.05, 4.69) is 74.6 Å². The van der Waals surface area contributed by atoms with E-state index in [1.165, 1.54) is 11.1 Å². The number of pyridine rings is 2. The van der Waals surface area contributed by atoms with Gasteiger partial charge in [-0.05, 0) is 109 Å². The van der Waals surface area contributed by atoms with Crippen molar-refractivity contribution in [2.45, 2.75) is 38.5 Å². The molecule has 0 fully saturated rings. The van der Waals surface area contributed by atoms with Crippen molar-refractivity contribution in [2.24, 2.45) is 15.0 Å². The highest BCUT2D eigenvalue weighted by Crippen LogP contribution is 2.35. The van der Waals surface area contributed by atoms with Crippen LogP contribution >= 0.6 is 0 Å². The minimum Gasteiger partial charge on any atom is -0.397 e. The zero-order valence-corrected chi connectivity index (χ0v) is 27.7. The number of nitrogens with zero attached hydrogens (tertiary/aromatic N) is 7. The Morgan fingerprint density at radius 3 is 2.24 bits per heavy atom. The summed E-state index contributed by atoms with van der Waals surface area (Å²) in [5.74, 6) is 0. The third kappa shape index (κ3) is 6.73. The molecule has 5 heterocycles. The average Bonchev–Trinajstić information content (AvgIpc) is 3.19. The minimum absolute atomic E-state index is 0.603. The van der Waals surface area contributed by atoms with Crippen LogP contribution in [0, 0.1) is 0 Å². The Labute approximate surface area is 291 Å². The summed E-state index contributed by atoms with van der Waals surface area (Å²) in [5, 5.41) is 0. The normalized spacial score (nSPS) is 16.1. The second kappa shape index (κ2) is 14.1. The van der Waals surface area contributed by atoms with E-state index in [1.807, 2.05) is 54.7 Å². The third-order valence-corrected chi connectivity index (χ3v) is 9.13. The summed E-state index contributed by atoms with van der Waals surface area (Å²) in [4.78, 5) is 33.7. The molecule has 8 heteroatoms. The van der Waals surface area contributed by atoms with Gasteiger partial charge in [-0.1, -0.05) is 48.6 Å². The lowest BCUT2D eigenvalue weighted by Gasteiger charge is -2.17. The van der Waals surface area contributed by atoms with Gasteiger partial charge in [-0.3, -0.25) is 20.0 Å². The Balaban J connectivity index is 1.07. The van der Waals surface area contributed by atoms with Crippen LogP contribution in [-0.2, 0) is 0 Å². The summed E-state index contributed by atoms with van der Waals surface area (Å²) in [5.41, 5.74) is 20.4. The van der Waals surface area contributed by atoms with Crippen LogP contribution in [0.1, 0.15) is 61.0 Å². The van der Waals surface area contributed by atoms with Crippen molar-refractivity contribution in [1.82, 2.24) is 19.9 Å². The SMILES string of the molecule is Nc1cc(C2=CC=C(c3ccc4nc(C5=NC=CCC5)c(-c5ccccn5)nc4c3)CC2)ccc1/N=C(\CC1=NCCC=C1)c1ccccn1. The van der Waals surface area contributed by atoms with Gasteiger partial charge < -0.3 is 5.73 Å². The smallest absolute Gasteiger partial charge is 0.117 e. The first kappa shape index (κ1) is 31.1. The number of aliphatic imine (C=N–C) groups is 3. The Kier molecular flexibility index (Phi) is 8.81. The average molecular weight is 653 g/mol. The molecule has 3 aromatic heterocycles. The van der Waals surface area contributed by atoms with Gasteiger partial charge in [-0.2, -0.15) is 0 Å². The second-order valence-electron chi connectivity index (χ2n) is 12.5. The third-order valence-electron chi connectivity index (χ3n) is 9.13. The molecule has 0 amide bonds. The quantitative estimate of drug-likeness (QED) is 0.133. The van der Waals surface area contributed by atoms with Gasteiger partial charge in [0, 0.05) is 37.3 Å². The van der Waals surface area contributed by atoms with Crippen LogP contribution in [0.15, 0.2) is 137 Å². The van der Waals surface area contributed by atoms with E-state index in [9.17, 15) is 0 Å². The fourth-order valence-electron chi connectivity index (χ4n) is 6.50. The molecule has 8 rings (SSSR count). The van der Waals surface area contributed by atoms with E-state index in [0.29, 0.717) is 12.1 Å². The van der Waals surface area contributed by atoms with Crippen molar-refractivity contribution in [3.8, 4) is 11.4 Å². The Morgan fingerprint density at radius 1 is 0.740 bits per heavy atom. The number of hydrogen-bond donors (Lipinski definition) is 1. The van der Waals surface area contributed by atoms with E-state index in [4.69, 9.17) is 20.7 Å². The van der Waals surface area contributed by atoms with Crippen molar-refractivity contribution in [3.63, 3.8) is 0 Å². The molecule has 8 nitrogen and oxygen atoms in total. The minimum atomic E-state index is 0.603. The number of hydrogen-bond acceptors (Lipinski definition) is 8. The summed E-state index contributed by atoms with van der Waals surface area (Å²) in [6, 6.07) is 24.3. The molecule has 2 aromatic carbocycles. The number of nitrogen functional groups attached to an aromatic ring is 1. The molecular weight excluding hydrogens is 617 g/mol. The number of allylic oxidation sites excluding steroid dienone is 6. The van der Waals surface area contributed by atoms with E-state index < -0.39 is 0 Å². The van der Waals surface area contributed by atoms with Crippen LogP contribution in [0.4, 0.5) is 11.4 Å². The van der Waals surface area contributed by atoms with E-state index in [0.717, 1.165) is 106 Å². The Bertz CT molecular complexity index is 2290. The number of aromatic nitrogens is 4. The van der Waals surface area contributed by atoms with Crippen molar-refractivity contribution < 1.29 is 0 Å². The Morgan fingerprint density at radius 2 is 1.54 bits per heavy atom. The highest BCUT2D eigenvalue weighted by molar-refractivity contribution is 6.16. The van der Waals surface area contributed by atoms with Gasteiger partial charge >= 0.3 is 0 Å². The van der Waals surface area contributed by atoms with Crippen LogP contribution < -0.4 is 5.73 Å². The van der Waals surface area contributed by atoms with Crippen LogP contribution in [0.3, 0.4) is 0 Å². The van der Waals surface area contributed by atoms with Gasteiger partial charge in [0.2, 0.25) is 0 Å². The number of rotatable bonds is 8. The predicted molar refractivity (Wildman–Crippen MR) is 205 cm³/mol. The van der Waals surface area contributed by atoms with Crippen molar-refractivity contribution in [3.05, 3.63) is 144 Å². The summed E-state index contributed by atoms with van der Waals surface area (Å²) >= 11 is 0. The first-order valence-electron chi connectivity index (χ1n) is 17.1. The van der Waals surface area contributed by atoms with Gasteiger partial charge in [0.1, 0.15) is 11.4 Å². The van der Waals surface area contributed by atoms with Crippen molar-refractivity contribution >= 4 is 50.7 Å². The standard InChI is InChI=1S/C42H36N8/c43-33-25-30(17-19-34(33)48-40(35-10-2-6-22-45-35)27-32-9-1-5-21-44-32)28-13-15-29(16-14-28)31-18-20-36-39(26-31)50-42(38-12-4-8-24-47-38)41(49-36)37-11-3-7-23-46-37/h1-2,4,6-10,12-13,15,17-20,22-26H,3,5,11,14,16,21,27,43H2/b48-40+. The number of dihydropyridines is 1. The summed E-state index contributed by atoms with van der Waals surface area (Å²) < 4.78 is 0. The second-order valence-corrected chi connectivity index (χ2v) is 12.5. The maximum atomic E-state index is 6.63. The van der Waals surface area contributed by atoms with Crippen molar-refractivity contribution in [2.75, 3.05) is 12.3 Å². The molecule has 0 saturated heterocycles. The molecule has 50 heavy (non-hydrogen) atoms. The molecule has 0 bridgehead atoms. The molecular formula is C42H36N8. The molecule has 1 aliphatic carbocycles. The van der Waals surface area contributed by atoms with Crippen molar-refractivity contribution in [1.29, 1.82) is 0 Å². The number of anilines is 1. The summed E-state index contributed by atoms with van der Waals surface area (Å²) in [6.07, 6.45) is 21.3. The molecule has 0 atom stereocenters. The van der Waals surface area contributed by atoms with Gasteiger partial charge in [0.05, 0.1) is 45.2 Å². The summed E-state index contributed by atoms with van der Waals surface area (Å²) in [7, 11) is 0. The zero-order chi connectivity index (χ0) is 33.7. The molecule has 5 aromatic rings. The van der Waals surface area contributed by atoms with Crippen LogP contribution in [0.25, 0.3) is 33.6 Å². The topological polar surface area (TPSA) is 115 Å². The molecule has 0 spiro atoms. The van der Waals surface area contributed by atoms with Crippen LogP contribution in [0.2, 0.25) is 0 Å². The highest BCUT2D eigenvalue weighted by atomic mass is 14.9. The monoisotopic (exact) mass is 652 g/mol. The fraction of sp³-hybridized carbons (Fsp3) is 0.167. The summed E-state index contributed by atoms with van der Waals surface area (Å²) in [6.45, 7) is 0.806. The maximum absolute atomic E-state index is 6.63. The van der Waals surface area contributed by atoms with Gasteiger partial charge in [0.25, 0.3) is 0 Å². The van der Waals surface area contributed by atoms with Gasteiger partial charge in [0.15, 0.2) is 0 Å². The van der Waals surface area contributed by atoms with E-state index >= 15 is 0 Å². The number of nitrogens with two attached hydrogens (primary N) is 1. The van der Waals surface area contributed by atoms with Gasteiger partial charge in [-0.15, -0.1) is 0 Å².